The average molecular weight is 318 g/mol. The van der Waals surface area contributed by atoms with Crippen LogP contribution in [0.15, 0.2) is 30.3 Å². The molecule has 0 saturated heterocycles. The summed E-state index contributed by atoms with van der Waals surface area (Å²) in [6, 6.07) is 10.9. The van der Waals surface area contributed by atoms with Gasteiger partial charge in [-0.15, -0.1) is 0 Å². The molecule has 23 heavy (non-hydrogen) atoms. The lowest BCUT2D eigenvalue weighted by Crippen LogP contribution is -2.52. The first-order valence-electron chi connectivity index (χ1n) is 8.46. The highest BCUT2D eigenvalue weighted by atomic mass is 16.6. The van der Waals surface area contributed by atoms with Crippen LogP contribution < -0.4 is 10.6 Å². The number of amides is 1. The first kappa shape index (κ1) is 17.8. The molecule has 1 aliphatic carbocycles. The molecule has 1 atom stereocenters. The molecule has 0 spiro atoms. The Hall–Kier alpha value is -1.55. The van der Waals surface area contributed by atoms with E-state index >= 15 is 0 Å². The fourth-order valence-electron chi connectivity index (χ4n) is 2.64. The van der Waals surface area contributed by atoms with Crippen LogP contribution in [0.5, 0.6) is 0 Å². The minimum Gasteiger partial charge on any atom is -0.444 e. The number of hydrogen-bond donors (Lipinski definition) is 2. The molecule has 1 amide bonds. The van der Waals surface area contributed by atoms with Crippen molar-refractivity contribution in [3.63, 3.8) is 0 Å². The van der Waals surface area contributed by atoms with E-state index in [9.17, 15) is 4.79 Å². The van der Waals surface area contributed by atoms with Crippen molar-refractivity contribution in [2.24, 2.45) is 5.92 Å². The highest BCUT2D eigenvalue weighted by Crippen LogP contribution is 2.41. The van der Waals surface area contributed by atoms with Crippen LogP contribution in [0.25, 0.3) is 0 Å². The van der Waals surface area contributed by atoms with Crippen molar-refractivity contribution in [2.75, 3.05) is 6.54 Å². The second-order valence-electron chi connectivity index (χ2n) is 8.12. The highest BCUT2D eigenvalue weighted by molar-refractivity contribution is 5.68. The predicted molar refractivity (Wildman–Crippen MR) is 93.4 cm³/mol. The summed E-state index contributed by atoms with van der Waals surface area (Å²) in [5.74, 6) is 0.703. The molecule has 1 unspecified atom stereocenters. The van der Waals surface area contributed by atoms with E-state index in [0.29, 0.717) is 18.5 Å². The van der Waals surface area contributed by atoms with Gasteiger partial charge in [-0.2, -0.15) is 0 Å². The number of nitrogens with one attached hydrogen (secondary N) is 2. The minimum atomic E-state index is -0.478. The number of alkyl carbamates (subject to hydrolysis) is 1. The number of hydrogen-bond acceptors (Lipinski definition) is 3. The van der Waals surface area contributed by atoms with Crippen LogP contribution in [0.1, 0.15) is 59.1 Å². The van der Waals surface area contributed by atoms with E-state index in [4.69, 9.17) is 4.74 Å². The summed E-state index contributed by atoms with van der Waals surface area (Å²) >= 11 is 0. The Morgan fingerprint density at radius 1 is 1.17 bits per heavy atom. The summed E-state index contributed by atoms with van der Waals surface area (Å²) in [5.41, 5.74) is 0.474. The van der Waals surface area contributed by atoms with Crippen molar-refractivity contribution in [1.82, 2.24) is 10.6 Å². The molecule has 0 heterocycles. The Kier molecular flexibility index (Phi) is 5.35. The lowest BCUT2D eigenvalue weighted by atomic mass is 10.00. The molecule has 1 aliphatic rings. The van der Waals surface area contributed by atoms with Crippen molar-refractivity contribution in [3.05, 3.63) is 35.9 Å². The van der Waals surface area contributed by atoms with E-state index in [-0.39, 0.29) is 11.6 Å². The topological polar surface area (TPSA) is 50.4 Å². The standard InChI is InChI=1S/C19H30N2O2/c1-18(2,3)23-17(22)21-19(4,5)13-20-16(15-11-12-15)14-9-7-6-8-10-14/h6-10,15-16,20H,11-13H2,1-5H3,(H,21,22). The van der Waals surface area contributed by atoms with Gasteiger partial charge in [0, 0.05) is 12.6 Å². The second kappa shape index (κ2) is 6.91. The molecular formula is C19H30N2O2. The van der Waals surface area contributed by atoms with Crippen LogP contribution in [0.4, 0.5) is 4.79 Å². The molecule has 1 saturated carbocycles. The van der Waals surface area contributed by atoms with E-state index in [2.05, 4.69) is 34.9 Å². The first-order valence-corrected chi connectivity index (χ1v) is 8.46. The summed E-state index contributed by atoms with van der Waals surface area (Å²) in [5, 5.41) is 6.59. The van der Waals surface area contributed by atoms with E-state index in [1.807, 2.05) is 40.7 Å². The van der Waals surface area contributed by atoms with Crippen LogP contribution >= 0.6 is 0 Å². The van der Waals surface area contributed by atoms with Crippen LogP contribution in [0.2, 0.25) is 0 Å². The van der Waals surface area contributed by atoms with Crippen LogP contribution in [0, 0.1) is 5.92 Å². The lowest BCUT2D eigenvalue weighted by Gasteiger charge is -2.31. The van der Waals surface area contributed by atoms with Crippen molar-refractivity contribution in [2.45, 2.75) is 64.6 Å². The summed E-state index contributed by atoms with van der Waals surface area (Å²) < 4.78 is 5.35. The maximum absolute atomic E-state index is 12.0. The maximum atomic E-state index is 12.0. The first-order chi connectivity index (χ1) is 10.7. The molecule has 4 heteroatoms. The van der Waals surface area contributed by atoms with Crippen LogP contribution in [0.3, 0.4) is 0 Å². The minimum absolute atomic E-state index is 0.357. The number of carbonyl (C=O) groups is 1. The van der Waals surface area contributed by atoms with Crippen LogP contribution in [-0.4, -0.2) is 23.8 Å². The summed E-state index contributed by atoms with van der Waals surface area (Å²) in [7, 11) is 0. The Morgan fingerprint density at radius 3 is 2.30 bits per heavy atom. The van der Waals surface area contributed by atoms with Gasteiger partial charge in [-0.05, 0) is 58.9 Å². The van der Waals surface area contributed by atoms with E-state index in [1.165, 1.54) is 18.4 Å². The third-order valence-electron chi connectivity index (χ3n) is 3.86. The van der Waals surface area contributed by atoms with Gasteiger partial charge < -0.3 is 15.4 Å². The smallest absolute Gasteiger partial charge is 0.408 e. The van der Waals surface area contributed by atoms with Gasteiger partial charge >= 0.3 is 6.09 Å². The Balaban J connectivity index is 1.90. The second-order valence-corrected chi connectivity index (χ2v) is 8.12. The fourth-order valence-corrected chi connectivity index (χ4v) is 2.64. The molecule has 1 aromatic rings. The van der Waals surface area contributed by atoms with Gasteiger partial charge in [0.2, 0.25) is 0 Å². The number of rotatable bonds is 6. The molecule has 0 aromatic heterocycles. The highest BCUT2D eigenvalue weighted by Gasteiger charge is 2.33. The molecule has 128 valence electrons. The Labute approximate surface area is 140 Å². The average Bonchev–Trinajstić information content (AvgIpc) is 3.21. The fraction of sp³-hybridized carbons (Fsp3) is 0.632. The van der Waals surface area contributed by atoms with Crippen molar-refractivity contribution in [3.8, 4) is 0 Å². The third kappa shape index (κ3) is 6.22. The van der Waals surface area contributed by atoms with Gasteiger partial charge in [0.05, 0.1) is 5.54 Å². The SMILES string of the molecule is CC(C)(CNC(c1ccccc1)C1CC1)NC(=O)OC(C)(C)C. The lowest BCUT2D eigenvalue weighted by molar-refractivity contribution is 0.0470. The largest absolute Gasteiger partial charge is 0.444 e. The molecule has 2 rings (SSSR count). The quantitative estimate of drug-likeness (QED) is 0.832. The zero-order valence-electron chi connectivity index (χ0n) is 15.0. The summed E-state index contributed by atoms with van der Waals surface area (Å²) in [6.07, 6.45) is 2.17. The molecule has 0 radical (unpaired) electrons. The molecule has 1 aromatic carbocycles. The number of benzene rings is 1. The van der Waals surface area contributed by atoms with E-state index in [0.717, 1.165) is 0 Å². The zero-order chi connectivity index (χ0) is 17.1. The van der Waals surface area contributed by atoms with Crippen molar-refractivity contribution >= 4 is 6.09 Å². The van der Waals surface area contributed by atoms with Crippen LogP contribution in [-0.2, 0) is 4.74 Å². The number of carbonyl (C=O) groups excluding carboxylic acids is 1. The van der Waals surface area contributed by atoms with Gasteiger partial charge in [-0.1, -0.05) is 30.3 Å². The Morgan fingerprint density at radius 2 is 1.78 bits per heavy atom. The van der Waals surface area contributed by atoms with Gasteiger partial charge in [0.15, 0.2) is 0 Å². The number of ether oxygens (including phenoxy) is 1. The summed E-state index contributed by atoms with van der Waals surface area (Å²) in [6.45, 7) is 10.3. The molecule has 2 N–H and O–H groups in total. The summed E-state index contributed by atoms with van der Waals surface area (Å²) in [4.78, 5) is 12.0. The molecule has 0 bridgehead atoms. The molecule has 1 fully saturated rings. The third-order valence-corrected chi connectivity index (χ3v) is 3.86. The van der Waals surface area contributed by atoms with Gasteiger partial charge in [0.1, 0.15) is 5.60 Å². The van der Waals surface area contributed by atoms with Crippen molar-refractivity contribution < 1.29 is 9.53 Å². The normalized spacial score (nSPS) is 16.7. The maximum Gasteiger partial charge on any atom is 0.408 e. The van der Waals surface area contributed by atoms with Gasteiger partial charge in [-0.25, -0.2) is 4.79 Å². The van der Waals surface area contributed by atoms with Gasteiger partial charge in [-0.3, -0.25) is 0 Å². The Bertz CT molecular complexity index is 516. The molecular weight excluding hydrogens is 288 g/mol. The van der Waals surface area contributed by atoms with E-state index < -0.39 is 5.60 Å². The molecule has 0 aliphatic heterocycles. The zero-order valence-corrected chi connectivity index (χ0v) is 15.0. The van der Waals surface area contributed by atoms with E-state index in [1.54, 1.807) is 0 Å². The molecule has 4 nitrogen and oxygen atoms in total. The predicted octanol–water partition coefficient (Wildman–Crippen LogP) is 4.03. The monoisotopic (exact) mass is 318 g/mol. The van der Waals surface area contributed by atoms with Crippen molar-refractivity contribution in [1.29, 1.82) is 0 Å². The van der Waals surface area contributed by atoms with Gasteiger partial charge in [0.25, 0.3) is 0 Å².